The molecular weight excluding hydrogens is 284 g/mol. The van der Waals surface area contributed by atoms with E-state index in [-0.39, 0.29) is 23.9 Å². The molecule has 120 valence electrons. The zero-order valence-electron chi connectivity index (χ0n) is 13.1. The normalized spacial score (nSPS) is 23.2. The van der Waals surface area contributed by atoms with E-state index >= 15 is 0 Å². The van der Waals surface area contributed by atoms with Gasteiger partial charge in [0.2, 0.25) is 0 Å². The van der Waals surface area contributed by atoms with Gasteiger partial charge < -0.3 is 14.6 Å². The highest BCUT2D eigenvalue weighted by molar-refractivity contribution is 5.78. The Morgan fingerprint density at radius 2 is 1.86 bits per heavy atom. The lowest BCUT2D eigenvalue weighted by molar-refractivity contribution is -0.153. The summed E-state index contributed by atoms with van der Waals surface area (Å²) < 4.78 is 10.00. The number of carbonyl (C=O) groups is 2. The van der Waals surface area contributed by atoms with Crippen LogP contribution in [0.3, 0.4) is 0 Å². The van der Waals surface area contributed by atoms with Gasteiger partial charge in [-0.2, -0.15) is 0 Å². The molecule has 2 unspecified atom stereocenters. The number of benzene rings is 1. The molecule has 0 aliphatic heterocycles. The fourth-order valence-electron chi connectivity index (χ4n) is 3.05. The van der Waals surface area contributed by atoms with Crippen LogP contribution >= 0.6 is 0 Å². The first-order valence-corrected chi connectivity index (χ1v) is 7.41. The van der Waals surface area contributed by atoms with Crippen molar-refractivity contribution in [1.29, 1.82) is 0 Å². The Bertz CT molecular complexity index is 548. The standard InChI is InChI=1S/C17H22O5/c1-10(21-2)11-5-4-6-12(7-11)15(16(18)19)13-8-14(9-13)17(20)22-3/h4-7,10,13-15H,8-9H2,1-3H3,(H,18,19). The highest BCUT2D eigenvalue weighted by Crippen LogP contribution is 2.44. The van der Waals surface area contributed by atoms with E-state index < -0.39 is 11.9 Å². The largest absolute Gasteiger partial charge is 0.481 e. The Kier molecular flexibility index (Phi) is 5.19. The number of hydrogen-bond donors (Lipinski definition) is 1. The molecule has 1 fully saturated rings. The van der Waals surface area contributed by atoms with E-state index in [1.54, 1.807) is 7.11 Å². The van der Waals surface area contributed by atoms with Gasteiger partial charge in [-0.25, -0.2) is 0 Å². The number of rotatable bonds is 6. The van der Waals surface area contributed by atoms with Crippen molar-refractivity contribution in [2.75, 3.05) is 14.2 Å². The number of carboxylic acids is 1. The Balaban J connectivity index is 2.16. The maximum absolute atomic E-state index is 11.7. The summed E-state index contributed by atoms with van der Waals surface area (Å²) >= 11 is 0. The van der Waals surface area contributed by atoms with Gasteiger partial charge in [-0.05, 0) is 36.8 Å². The quantitative estimate of drug-likeness (QED) is 0.818. The van der Waals surface area contributed by atoms with Gasteiger partial charge in [-0.3, -0.25) is 9.59 Å². The van der Waals surface area contributed by atoms with Crippen molar-refractivity contribution in [2.24, 2.45) is 11.8 Å². The minimum absolute atomic E-state index is 0.0327. The maximum Gasteiger partial charge on any atom is 0.311 e. The molecule has 0 bridgehead atoms. The molecule has 5 heteroatoms. The number of carboxylic acid groups (broad SMARTS) is 1. The van der Waals surface area contributed by atoms with E-state index in [2.05, 4.69) is 0 Å². The van der Waals surface area contributed by atoms with Gasteiger partial charge in [0.05, 0.1) is 25.0 Å². The van der Waals surface area contributed by atoms with Crippen molar-refractivity contribution in [3.05, 3.63) is 35.4 Å². The molecule has 0 radical (unpaired) electrons. The summed E-state index contributed by atoms with van der Waals surface area (Å²) in [7, 11) is 2.98. The molecule has 0 spiro atoms. The van der Waals surface area contributed by atoms with E-state index in [0.29, 0.717) is 12.8 Å². The third-order valence-corrected chi connectivity index (χ3v) is 4.54. The topological polar surface area (TPSA) is 72.8 Å². The average Bonchev–Trinajstić information content (AvgIpc) is 2.48. The summed E-state index contributed by atoms with van der Waals surface area (Å²) in [6.07, 6.45) is 1.04. The first kappa shape index (κ1) is 16.5. The Morgan fingerprint density at radius 3 is 2.41 bits per heavy atom. The fraction of sp³-hybridized carbons (Fsp3) is 0.529. The van der Waals surface area contributed by atoms with Gasteiger partial charge in [-0.1, -0.05) is 24.3 Å². The van der Waals surface area contributed by atoms with Crippen LogP contribution in [0.15, 0.2) is 24.3 Å². The average molecular weight is 306 g/mol. The molecule has 1 aromatic rings. The van der Waals surface area contributed by atoms with Gasteiger partial charge in [0, 0.05) is 7.11 Å². The number of esters is 1. The van der Waals surface area contributed by atoms with Crippen LogP contribution in [-0.2, 0) is 19.1 Å². The summed E-state index contributed by atoms with van der Waals surface area (Å²) in [6, 6.07) is 7.50. The molecule has 1 aromatic carbocycles. The second-order valence-electron chi connectivity index (χ2n) is 5.82. The SMILES string of the molecule is COC(=O)C1CC(C(C(=O)O)c2cccc(C(C)OC)c2)C1. The summed E-state index contributed by atoms with van der Waals surface area (Å²) in [5.41, 5.74) is 1.72. The molecule has 1 aliphatic carbocycles. The summed E-state index contributed by atoms with van der Waals surface area (Å²) in [5, 5.41) is 9.58. The number of methoxy groups -OCH3 is 2. The highest BCUT2D eigenvalue weighted by Gasteiger charge is 2.43. The van der Waals surface area contributed by atoms with Crippen molar-refractivity contribution >= 4 is 11.9 Å². The lowest BCUT2D eigenvalue weighted by Gasteiger charge is -2.37. The van der Waals surface area contributed by atoms with E-state index in [1.807, 2.05) is 31.2 Å². The molecule has 0 heterocycles. The smallest absolute Gasteiger partial charge is 0.311 e. The predicted octanol–water partition coefficient (Wildman–Crippen LogP) is 2.76. The number of hydrogen-bond acceptors (Lipinski definition) is 4. The predicted molar refractivity (Wildman–Crippen MR) is 80.5 cm³/mol. The monoisotopic (exact) mass is 306 g/mol. The van der Waals surface area contributed by atoms with Crippen LogP contribution in [0.4, 0.5) is 0 Å². The highest BCUT2D eigenvalue weighted by atomic mass is 16.5. The minimum atomic E-state index is -0.851. The molecule has 1 N–H and O–H groups in total. The summed E-state index contributed by atoms with van der Waals surface area (Å²) in [5.74, 6) is -1.89. The van der Waals surface area contributed by atoms with Crippen molar-refractivity contribution in [2.45, 2.75) is 31.8 Å². The van der Waals surface area contributed by atoms with E-state index in [4.69, 9.17) is 9.47 Å². The van der Waals surface area contributed by atoms with Crippen LogP contribution in [0.1, 0.15) is 42.9 Å². The maximum atomic E-state index is 11.7. The van der Waals surface area contributed by atoms with Gasteiger partial charge in [0.25, 0.3) is 0 Å². The van der Waals surface area contributed by atoms with Gasteiger partial charge >= 0.3 is 11.9 Å². The molecule has 2 rings (SSSR count). The van der Waals surface area contributed by atoms with E-state index in [1.165, 1.54) is 7.11 Å². The number of aliphatic carboxylic acids is 1. The van der Waals surface area contributed by atoms with Crippen molar-refractivity contribution in [1.82, 2.24) is 0 Å². The Hall–Kier alpha value is -1.88. The summed E-state index contributed by atoms with van der Waals surface area (Å²) in [4.78, 5) is 23.1. The van der Waals surface area contributed by atoms with Crippen LogP contribution in [-0.4, -0.2) is 31.3 Å². The van der Waals surface area contributed by atoms with Gasteiger partial charge in [-0.15, -0.1) is 0 Å². The first-order chi connectivity index (χ1) is 10.5. The van der Waals surface area contributed by atoms with E-state index in [9.17, 15) is 14.7 Å². The first-order valence-electron chi connectivity index (χ1n) is 7.41. The molecule has 1 aliphatic rings. The molecule has 0 saturated heterocycles. The molecule has 1 saturated carbocycles. The van der Waals surface area contributed by atoms with Crippen LogP contribution in [0.25, 0.3) is 0 Å². The zero-order chi connectivity index (χ0) is 16.3. The molecule has 0 amide bonds. The Labute approximate surface area is 130 Å². The number of carbonyl (C=O) groups excluding carboxylic acids is 1. The van der Waals surface area contributed by atoms with Crippen LogP contribution in [0.2, 0.25) is 0 Å². The van der Waals surface area contributed by atoms with Crippen LogP contribution in [0, 0.1) is 11.8 Å². The van der Waals surface area contributed by atoms with E-state index in [0.717, 1.165) is 11.1 Å². The minimum Gasteiger partial charge on any atom is -0.481 e. The third kappa shape index (κ3) is 3.30. The lowest BCUT2D eigenvalue weighted by Crippen LogP contribution is -2.37. The Morgan fingerprint density at radius 1 is 1.23 bits per heavy atom. The second-order valence-corrected chi connectivity index (χ2v) is 5.82. The molecule has 22 heavy (non-hydrogen) atoms. The second kappa shape index (κ2) is 6.92. The molecular formula is C17H22O5. The lowest BCUT2D eigenvalue weighted by atomic mass is 9.66. The van der Waals surface area contributed by atoms with Crippen molar-refractivity contribution in [3.8, 4) is 0 Å². The van der Waals surface area contributed by atoms with Gasteiger partial charge in [0.15, 0.2) is 0 Å². The van der Waals surface area contributed by atoms with Crippen LogP contribution < -0.4 is 0 Å². The molecule has 5 nitrogen and oxygen atoms in total. The molecule has 2 atom stereocenters. The van der Waals surface area contributed by atoms with Crippen LogP contribution in [0.5, 0.6) is 0 Å². The molecule has 0 aromatic heterocycles. The van der Waals surface area contributed by atoms with Crippen molar-refractivity contribution in [3.63, 3.8) is 0 Å². The summed E-state index contributed by atoms with van der Waals surface area (Å²) in [6.45, 7) is 1.92. The van der Waals surface area contributed by atoms with Gasteiger partial charge in [0.1, 0.15) is 0 Å². The third-order valence-electron chi connectivity index (χ3n) is 4.54. The van der Waals surface area contributed by atoms with Crippen molar-refractivity contribution < 1.29 is 24.2 Å². The fourth-order valence-corrected chi connectivity index (χ4v) is 3.05. The zero-order valence-corrected chi connectivity index (χ0v) is 13.1. The number of ether oxygens (including phenoxy) is 2.